The van der Waals surface area contributed by atoms with Gasteiger partial charge in [-0.15, -0.1) is 0 Å². The fourth-order valence-corrected chi connectivity index (χ4v) is 3.93. The summed E-state index contributed by atoms with van der Waals surface area (Å²) in [4.78, 5) is 33.9. The molecule has 1 aliphatic rings. The molecular weight excluding hydrogens is 372 g/mol. The van der Waals surface area contributed by atoms with Crippen molar-refractivity contribution in [2.75, 3.05) is 32.8 Å². The number of H-pyrrole nitrogens is 1. The van der Waals surface area contributed by atoms with Crippen molar-refractivity contribution in [3.63, 3.8) is 0 Å². The summed E-state index contributed by atoms with van der Waals surface area (Å²) in [5.41, 5.74) is 1.90. The average Bonchev–Trinajstić information content (AvgIpc) is 3.28. The highest BCUT2D eigenvalue weighted by Gasteiger charge is 2.20. The number of imidazole rings is 2. The molecule has 4 aromatic rings. The van der Waals surface area contributed by atoms with E-state index in [1.54, 1.807) is 11.4 Å². The van der Waals surface area contributed by atoms with Gasteiger partial charge in [0.1, 0.15) is 0 Å². The number of aromatic nitrogens is 5. The minimum Gasteiger partial charge on any atom is -0.379 e. The lowest BCUT2D eigenvalue weighted by Gasteiger charge is -2.26. The molecule has 0 radical (unpaired) electrons. The lowest BCUT2D eigenvalue weighted by molar-refractivity contribution is 0.0365. The molecule has 4 heterocycles. The summed E-state index contributed by atoms with van der Waals surface area (Å²) < 4.78 is 10.7. The molecule has 3 aromatic heterocycles. The highest BCUT2D eigenvalue weighted by molar-refractivity contribution is 5.77. The van der Waals surface area contributed by atoms with E-state index in [-0.39, 0.29) is 0 Å². The summed E-state index contributed by atoms with van der Waals surface area (Å²) in [5.74, 6) is 0.652. The quantitative estimate of drug-likeness (QED) is 0.550. The van der Waals surface area contributed by atoms with Crippen molar-refractivity contribution < 1.29 is 4.74 Å². The minimum absolute atomic E-state index is 0.379. The van der Waals surface area contributed by atoms with Gasteiger partial charge in [-0.1, -0.05) is 30.3 Å². The van der Waals surface area contributed by atoms with Gasteiger partial charge in [-0.2, -0.15) is 4.98 Å². The van der Waals surface area contributed by atoms with E-state index in [1.807, 2.05) is 36.5 Å². The summed E-state index contributed by atoms with van der Waals surface area (Å²) >= 11 is 0. The summed E-state index contributed by atoms with van der Waals surface area (Å²) in [7, 11) is 1.61. The largest absolute Gasteiger partial charge is 0.379 e. The van der Waals surface area contributed by atoms with Crippen LogP contribution in [-0.2, 0) is 18.3 Å². The van der Waals surface area contributed by atoms with Crippen molar-refractivity contribution in [2.24, 2.45) is 7.05 Å². The zero-order valence-corrected chi connectivity index (χ0v) is 16.2. The number of fused-ring (bicyclic) bond motifs is 3. The number of hydrogen-bond acceptors (Lipinski definition) is 5. The number of rotatable bonds is 4. The third-order valence-corrected chi connectivity index (χ3v) is 5.53. The fourth-order valence-electron chi connectivity index (χ4n) is 3.93. The van der Waals surface area contributed by atoms with E-state index in [0.29, 0.717) is 16.9 Å². The number of ether oxygens (including phenoxy) is 1. The van der Waals surface area contributed by atoms with Crippen molar-refractivity contribution in [1.82, 2.24) is 28.4 Å². The number of nitrogens with zero attached hydrogens (tertiary/aromatic N) is 5. The molecule has 5 rings (SSSR count). The molecule has 0 atom stereocenters. The number of hydrogen-bond donors (Lipinski definition) is 1. The van der Waals surface area contributed by atoms with E-state index < -0.39 is 11.2 Å². The van der Waals surface area contributed by atoms with Crippen molar-refractivity contribution in [2.45, 2.75) is 6.54 Å². The Bertz CT molecular complexity index is 1290. The first-order valence-electron chi connectivity index (χ1n) is 9.69. The number of benzene rings is 1. The SMILES string of the molecule is Cn1c(=O)[nH]c(=O)c2c1nc1n(CCN3CCOCC3)c(-c3ccccc3)cn21. The van der Waals surface area contributed by atoms with Crippen LogP contribution in [0.3, 0.4) is 0 Å². The molecule has 9 nitrogen and oxygen atoms in total. The Morgan fingerprint density at radius 2 is 1.86 bits per heavy atom. The molecule has 1 N–H and O–H groups in total. The Hall–Kier alpha value is -3.17. The number of nitrogens with one attached hydrogen (secondary N) is 1. The molecule has 0 saturated carbocycles. The molecule has 0 spiro atoms. The van der Waals surface area contributed by atoms with E-state index in [0.717, 1.165) is 50.7 Å². The molecule has 150 valence electrons. The Morgan fingerprint density at radius 1 is 1.10 bits per heavy atom. The van der Waals surface area contributed by atoms with Crippen LogP contribution in [0.15, 0.2) is 46.1 Å². The Kier molecular flexibility index (Phi) is 4.33. The van der Waals surface area contributed by atoms with Gasteiger partial charge in [0.2, 0.25) is 5.78 Å². The summed E-state index contributed by atoms with van der Waals surface area (Å²) in [6.45, 7) is 4.88. The lowest BCUT2D eigenvalue weighted by atomic mass is 10.2. The van der Waals surface area contributed by atoms with Crippen molar-refractivity contribution >= 4 is 16.9 Å². The second kappa shape index (κ2) is 7.02. The molecule has 1 aromatic carbocycles. The van der Waals surface area contributed by atoms with Crippen LogP contribution in [0, 0.1) is 0 Å². The molecule has 0 unspecified atom stereocenters. The van der Waals surface area contributed by atoms with Crippen LogP contribution >= 0.6 is 0 Å². The van der Waals surface area contributed by atoms with Crippen LogP contribution in [0.4, 0.5) is 0 Å². The first-order chi connectivity index (χ1) is 14.1. The predicted molar refractivity (Wildman–Crippen MR) is 109 cm³/mol. The second-order valence-electron chi connectivity index (χ2n) is 7.26. The van der Waals surface area contributed by atoms with Gasteiger partial charge in [0.05, 0.1) is 18.9 Å². The highest BCUT2D eigenvalue weighted by atomic mass is 16.5. The first-order valence-corrected chi connectivity index (χ1v) is 9.69. The predicted octanol–water partition coefficient (Wildman–Crippen LogP) is 0.675. The topological polar surface area (TPSA) is 89.6 Å². The van der Waals surface area contributed by atoms with E-state index in [1.165, 1.54) is 4.57 Å². The number of aromatic amines is 1. The van der Waals surface area contributed by atoms with E-state index in [9.17, 15) is 9.59 Å². The van der Waals surface area contributed by atoms with Crippen molar-refractivity contribution in [1.29, 1.82) is 0 Å². The van der Waals surface area contributed by atoms with Gasteiger partial charge in [0.15, 0.2) is 11.2 Å². The molecule has 9 heteroatoms. The zero-order valence-electron chi connectivity index (χ0n) is 16.2. The molecule has 1 saturated heterocycles. The monoisotopic (exact) mass is 394 g/mol. The smallest absolute Gasteiger partial charge is 0.329 e. The molecular formula is C20H22N6O3. The normalized spacial score (nSPS) is 15.5. The molecule has 0 aliphatic carbocycles. The van der Waals surface area contributed by atoms with Gasteiger partial charge in [-0.25, -0.2) is 4.79 Å². The van der Waals surface area contributed by atoms with Gasteiger partial charge in [-0.3, -0.25) is 23.6 Å². The lowest BCUT2D eigenvalue weighted by Crippen LogP contribution is -2.38. The Morgan fingerprint density at radius 3 is 2.62 bits per heavy atom. The standard InChI is InChI=1S/C20H22N6O3/c1-23-17-16(18(27)22-20(23)28)26-13-15(14-5-3-2-4-6-14)25(19(26)21-17)8-7-24-9-11-29-12-10-24/h2-6,13H,7-12H2,1H3,(H,22,27,28). The molecule has 1 aliphatic heterocycles. The Balaban J connectivity index is 1.69. The van der Waals surface area contributed by atoms with Crippen molar-refractivity contribution in [3.05, 3.63) is 57.4 Å². The maximum Gasteiger partial charge on any atom is 0.329 e. The maximum atomic E-state index is 12.5. The van der Waals surface area contributed by atoms with E-state index in [2.05, 4.69) is 19.4 Å². The summed E-state index contributed by atoms with van der Waals surface area (Å²) in [5, 5.41) is 0. The van der Waals surface area contributed by atoms with Gasteiger partial charge < -0.3 is 9.30 Å². The van der Waals surface area contributed by atoms with E-state index >= 15 is 0 Å². The van der Waals surface area contributed by atoms with Crippen LogP contribution in [0.25, 0.3) is 28.2 Å². The second-order valence-corrected chi connectivity index (χ2v) is 7.26. The summed E-state index contributed by atoms with van der Waals surface area (Å²) in [6, 6.07) is 10.0. The van der Waals surface area contributed by atoms with E-state index in [4.69, 9.17) is 4.74 Å². The van der Waals surface area contributed by atoms with Gasteiger partial charge in [0.25, 0.3) is 5.56 Å². The van der Waals surface area contributed by atoms with Crippen LogP contribution in [-0.4, -0.2) is 61.3 Å². The van der Waals surface area contributed by atoms with Crippen molar-refractivity contribution in [3.8, 4) is 11.3 Å². The zero-order chi connectivity index (χ0) is 20.0. The molecule has 1 fully saturated rings. The first kappa shape index (κ1) is 17.9. The average molecular weight is 394 g/mol. The van der Waals surface area contributed by atoms with Gasteiger partial charge in [0, 0.05) is 39.4 Å². The molecule has 0 bridgehead atoms. The third kappa shape index (κ3) is 2.99. The minimum atomic E-state index is -0.466. The van der Waals surface area contributed by atoms with Gasteiger partial charge in [-0.05, 0) is 5.56 Å². The maximum absolute atomic E-state index is 12.5. The van der Waals surface area contributed by atoms with Crippen LogP contribution in [0.2, 0.25) is 0 Å². The number of morpholine rings is 1. The fraction of sp³-hybridized carbons (Fsp3) is 0.350. The van der Waals surface area contributed by atoms with Crippen LogP contribution in [0.1, 0.15) is 0 Å². The van der Waals surface area contributed by atoms with Crippen LogP contribution in [0.5, 0.6) is 0 Å². The van der Waals surface area contributed by atoms with Gasteiger partial charge >= 0.3 is 5.69 Å². The Labute approximate surface area is 165 Å². The van der Waals surface area contributed by atoms with Crippen LogP contribution < -0.4 is 11.2 Å². The summed E-state index contributed by atoms with van der Waals surface area (Å²) in [6.07, 6.45) is 1.93. The number of aryl methyl sites for hydroxylation is 1. The highest BCUT2D eigenvalue weighted by Crippen LogP contribution is 2.25. The molecule has 29 heavy (non-hydrogen) atoms. The molecule has 0 amide bonds. The third-order valence-electron chi connectivity index (χ3n) is 5.53.